The fourth-order valence-corrected chi connectivity index (χ4v) is 4.36. The van der Waals surface area contributed by atoms with Gasteiger partial charge in [-0.25, -0.2) is 4.79 Å². The van der Waals surface area contributed by atoms with Crippen LogP contribution >= 0.6 is 22.6 Å². The third-order valence-corrected chi connectivity index (χ3v) is 5.62. The molecule has 0 bridgehead atoms. The number of nitrogens with one attached hydrogen (secondary N) is 1. The predicted molar refractivity (Wildman–Crippen MR) is 102 cm³/mol. The van der Waals surface area contributed by atoms with Crippen LogP contribution in [-0.4, -0.2) is 36.4 Å². The summed E-state index contributed by atoms with van der Waals surface area (Å²) in [5.74, 6) is -2.06. The molecule has 2 atom stereocenters. The number of ether oxygens (including phenoxy) is 1. The van der Waals surface area contributed by atoms with Gasteiger partial charge < -0.3 is 10.1 Å². The number of rotatable bonds is 1. The Labute approximate surface area is 168 Å². The monoisotopic (exact) mass is 496 g/mol. The van der Waals surface area contributed by atoms with E-state index in [0.29, 0.717) is 19.4 Å². The van der Waals surface area contributed by atoms with Crippen LogP contribution in [0.4, 0.5) is 23.7 Å². The molecule has 0 fully saturated rings. The third-order valence-electron chi connectivity index (χ3n) is 4.61. The number of nitrogens with zero attached hydrogens (tertiary/aromatic N) is 1. The summed E-state index contributed by atoms with van der Waals surface area (Å²) >= 11 is 2.13. The summed E-state index contributed by atoms with van der Waals surface area (Å²) in [7, 11) is 0. The molecule has 148 valence electrons. The number of hydrogen-bond acceptors (Lipinski definition) is 3. The number of carbonyl (C=O) groups is 2. The Bertz CT molecular complexity index is 789. The number of carbonyl (C=O) groups excluding carboxylic acids is 2. The van der Waals surface area contributed by atoms with Crippen molar-refractivity contribution in [2.24, 2.45) is 0 Å². The summed E-state index contributed by atoms with van der Waals surface area (Å²) in [6.45, 7) is 5.66. The van der Waals surface area contributed by atoms with Crippen molar-refractivity contribution in [3.63, 3.8) is 0 Å². The van der Waals surface area contributed by atoms with Crippen molar-refractivity contribution in [1.29, 1.82) is 0 Å². The number of hydrogen-bond donors (Lipinski definition) is 1. The van der Waals surface area contributed by atoms with Crippen molar-refractivity contribution in [2.45, 2.75) is 57.3 Å². The van der Waals surface area contributed by atoms with E-state index in [4.69, 9.17) is 4.74 Å². The lowest BCUT2D eigenvalue weighted by Crippen LogP contribution is -2.46. The van der Waals surface area contributed by atoms with Gasteiger partial charge in [0.25, 0.3) is 0 Å². The molecule has 0 aromatic heterocycles. The van der Waals surface area contributed by atoms with E-state index in [2.05, 4.69) is 27.9 Å². The predicted octanol–water partition coefficient (Wildman–Crippen LogP) is 4.12. The molecule has 0 saturated carbocycles. The largest absolute Gasteiger partial charge is 0.471 e. The Morgan fingerprint density at radius 1 is 1.26 bits per heavy atom. The first kappa shape index (κ1) is 20.2. The van der Waals surface area contributed by atoms with Gasteiger partial charge in [0.15, 0.2) is 0 Å². The van der Waals surface area contributed by atoms with Crippen molar-refractivity contribution in [3.8, 4) is 0 Å². The second-order valence-corrected chi connectivity index (χ2v) is 9.02. The topological polar surface area (TPSA) is 58.6 Å². The molecule has 2 aliphatic rings. The zero-order chi connectivity index (χ0) is 20.1. The van der Waals surface area contributed by atoms with E-state index in [9.17, 15) is 22.8 Å². The fraction of sp³-hybridized carbons (Fsp3) is 0.556. The lowest BCUT2D eigenvalue weighted by atomic mass is 9.81. The van der Waals surface area contributed by atoms with Crippen LogP contribution in [0.3, 0.4) is 0 Å². The van der Waals surface area contributed by atoms with Crippen LogP contribution < -0.4 is 10.2 Å². The molecular formula is C18H20F3IN2O3. The van der Waals surface area contributed by atoms with Crippen LogP contribution in [0.15, 0.2) is 12.1 Å². The van der Waals surface area contributed by atoms with Crippen molar-refractivity contribution in [3.05, 3.63) is 26.8 Å². The molecule has 3 rings (SSSR count). The number of amides is 2. The average molecular weight is 496 g/mol. The third kappa shape index (κ3) is 4.17. The molecule has 1 aliphatic carbocycles. The Hall–Kier alpha value is -1.52. The van der Waals surface area contributed by atoms with Gasteiger partial charge in [-0.2, -0.15) is 13.2 Å². The molecule has 1 N–H and O–H groups in total. The van der Waals surface area contributed by atoms with Gasteiger partial charge in [-0.15, -0.1) is 0 Å². The molecule has 9 heteroatoms. The zero-order valence-electron chi connectivity index (χ0n) is 15.1. The Kier molecular flexibility index (Phi) is 5.11. The molecule has 1 heterocycles. The lowest BCUT2D eigenvalue weighted by molar-refractivity contribution is -0.174. The van der Waals surface area contributed by atoms with Gasteiger partial charge in [0.2, 0.25) is 0 Å². The first-order chi connectivity index (χ1) is 12.4. The van der Waals surface area contributed by atoms with Gasteiger partial charge in [-0.3, -0.25) is 9.69 Å². The minimum atomic E-state index is -4.91. The van der Waals surface area contributed by atoms with Crippen LogP contribution in [-0.2, 0) is 16.0 Å². The summed E-state index contributed by atoms with van der Waals surface area (Å²) in [5, 5.41) is 2.09. The van der Waals surface area contributed by atoms with Crippen molar-refractivity contribution >= 4 is 40.3 Å². The van der Waals surface area contributed by atoms with Crippen molar-refractivity contribution < 1.29 is 27.5 Å². The maximum atomic E-state index is 12.6. The second-order valence-electron chi connectivity index (χ2n) is 7.85. The molecule has 2 unspecified atom stereocenters. The van der Waals surface area contributed by atoms with E-state index < -0.39 is 29.8 Å². The molecule has 1 aliphatic heterocycles. The molecule has 1 aromatic carbocycles. The number of alkyl halides is 3. The number of benzene rings is 1. The van der Waals surface area contributed by atoms with Crippen molar-refractivity contribution in [2.75, 3.05) is 11.4 Å². The minimum Gasteiger partial charge on any atom is -0.443 e. The fourth-order valence-electron chi connectivity index (χ4n) is 3.67. The summed E-state index contributed by atoms with van der Waals surface area (Å²) in [6, 6.07) is 3.06. The van der Waals surface area contributed by atoms with Crippen LogP contribution in [0.5, 0.6) is 0 Å². The molecule has 2 amide bonds. The standard InChI is InChI=1S/C18H20F3IN2O3/c1-17(2,3)27-16(26)24-8-9-6-10(23-15(25)18(19,20)21)7-11-12(22)4-5-13(24)14(9)11/h4-5,9-10H,6-8H2,1-3H3,(H,23,25). The minimum absolute atomic E-state index is 0.135. The molecule has 1 aromatic rings. The van der Waals surface area contributed by atoms with E-state index in [-0.39, 0.29) is 5.92 Å². The molecule has 27 heavy (non-hydrogen) atoms. The molecule has 0 radical (unpaired) electrons. The molecule has 0 spiro atoms. The average Bonchev–Trinajstić information content (AvgIpc) is 2.88. The summed E-state index contributed by atoms with van der Waals surface area (Å²) in [4.78, 5) is 25.5. The van der Waals surface area contributed by atoms with Crippen LogP contribution in [0.2, 0.25) is 0 Å². The zero-order valence-corrected chi connectivity index (χ0v) is 17.3. The van der Waals surface area contributed by atoms with E-state index in [1.807, 2.05) is 12.1 Å². The highest BCUT2D eigenvalue weighted by Gasteiger charge is 2.44. The molecule has 0 saturated heterocycles. The van der Waals surface area contributed by atoms with Gasteiger partial charge in [-0.05, 0) is 79.5 Å². The Morgan fingerprint density at radius 3 is 2.52 bits per heavy atom. The summed E-state index contributed by atoms with van der Waals surface area (Å²) in [5.41, 5.74) is 1.96. The highest BCUT2D eigenvalue weighted by atomic mass is 127. The van der Waals surface area contributed by atoms with Gasteiger partial charge >= 0.3 is 18.2 Å². The Balaban J connectivity index is 1.87. The number of anilines is 1. The SMILES string of the molecule is CC(C)(C)OC(=O)N1CC2CC(NC(=O)C(F)(F)F)Cc3c(I)ccc1c32. The summed E-state index contributed by atoms with van der Waals surface area (Å²) in [6.07, 6.45) is -4.73. The van der Waals surface area contributed by atoms with Gasteiger partial charge in [-0.1, -0.05) is 0 Å². The summed E-state index contributed by atoms with van der Waals surface area (Å²) < 4.78 is 44.2. The highest BCUT2D eigenvalue weighted by Crippen LogP contribution is 2.46. The maximum Gasteiger partial charge on any atom is 0.471 e. The highest BCUT2D eigenvalue weighted by molar-refractivity contribution is 14.1. The van der Waals surface area contributed by atoms with Crippen molar-refractivity contribution in [1.82, 2.24) is 5.32 Å². The molecule has 5 nitrogen and oxygen atoms in total. The Morgan fingerprint density at radius 2 is 1.93 bits per heavy atom. The van der Waals surface area contributed by atoms with Crippen LogP contribution in [0.25, 0.3) is 0 Å². The van der Waals surface area contributed by atoms with Gasteiger partial charge in [0.05, 0.1) is 5.69 Å². The van der Waals surface area contributed by atoms with E-state index in [1.165, 1.54) is 0 Å². The van der Waals surface area contributed by atoms with Gasteiger partial charge in [0.1, 0.15) is 5.60 Å². The first-order valence-electron chi connectivity index (χ1n) is 8.56. The first-order valence-corrected chi connectivity index (χ1v) is 9.64. The quantitative estimate of drug-likeness (QED) is 0.596. The van der Waals surface area contributed by atoms with E-state index in [0.717, 1.165) is 20.4 Å². The van der Waals surface area contributed by atoms with Gasteiger partial charge in [0, 0.05) is 22.1 Å². The maximum absolute atomic E-state index is 12.6. The van der Waals surface area contributed by atoms with E-state index >= 15 is 0 Å². The number of halogens is 4. The molecular weight excluding hydrogens is 476 g/mol. The lowest BCUT2D eigenvalue weighted by Gasteiger charge is -2.30. The second kappa shape index (κ2) is 6.82. The van der Waals surface area contributed by atoms with Crippen LogP contribution in [0.1, 0.15) is 44.2 Å². The van der Waals surface area contributed by atoms with E-state index in [1.54, 1.807) is 25.7 Å². The smallest absolute Gasteiger partial charge is 0.443 e. The normalized spacial score (nSPS) is 21.7. The van der Waals surface area contributed by atoms with Crippen LogP contribution in [0, 0.1) is 3.57 Å².